The van der Waals surface area contributed by atoms with Crippen LogP contribution in [0.15, 0.2) is 36.4 Å². The third-order valence-electron chi connectivity index (χ3n) is 4.12. The molecule has 0 amide bonds. The summed E-state index contributed by atoms with van der Waals surface area (Å²) in [6, 6.07) is 9.22. The van der Waals surface area contributed by atoms with Crippen LogP contribution in [0.5, 0.6) is 5.75 Å². The van der Waals surface area contributed by atoms with Gasteiger partial charge in [-0.15, -0.1) is 0 Å². The number of fused-ring (bicyclic) bond motifs is 1. The quantitative estimate of drug-likeness (QED) is 0.621. The summed E-state index contributed by atoms with van der Waals surface area (Å²) in [6.07, 6.45) is 1.36. The number of halogens is 4. The Bertz CT molecular complexity index is 929. The molecular weight excluding hydrogens is 391 g/mol. The van der Waals surface area contributed by atoms with E-state index in [9.17, 15) is 21.6 Å². The van der Waals surface area contributed by atoms with E-state index in [1.165, 1.54) is 18.2 Å². The molecule has 0 atom stereocenters. The fourth-order valence-electron chi connectivity index (χ4n) is 2.95. The molecule has 4 nitrogen and oxygen atoms in total. The van der Waals surface area contributed by atoms with Gasteiger partial charge in [-0.3, -0.25) is 0 Å². The van der Waals surface area contributed by atoms with E-state index in [0.717, 1.165) is 24.1 Å². The Morgan fingerprint density at radius 1 is 1.04 bits per heavy atom. The fraction of sp³-hybridized carbons (Fsp3) is 0.294. The Morgan fingerprint density at radius 2 is 1.73 bits per heavy atom. The molecule has 1 N–H and O–H groups in total. The molecule has 0 aliphatic carbocycles. The molecule has 0 radical (unpaired) electrons. The molecule has 0 spiro atoms. The number of benzene rings is 2. The molecule has 1 aliphatic heterocycles. The van der Waals surface area contributed by atoms with Crippen molar-refractivity contribution in [3.63, 3.8) is 0 Å². The first kappa shape index (κ1) is 19.0. The summed E-state index contributed by atoms with van der Waals surface area (Å²) in [7, 11) is -5.78. The van der Waals surface area contributed by atoms with Crippen LogP contribution in [0.2, 0.25) is 5.02 Å². The van der Waals surface area contributed by atoms with Gasteiger partial charge in [0, 0.05) is 16.1 Å². The van der Waals surface area contributed by atoms with E-state index in [1.54, 1.807) is 12.1 Å². The summed E-state index contributed by atoms with van der Waals surface area (Å²) >= 11 is 6.33. The zero-order valence-electron chi connectivity index (χ0n) is 13.4. The number of hydrogen-bond donors (Lipinski definition) is 1. The van der Waals surface area contributed by atoms with Crippen molar-refractivity contribution in [2.24, 2.45) is 0 Å². The van der Waals surface area contributed by atoms with Gasteiger partial charge in [-0.25, -0.2) is 0 Å². The van der Waals surface area contributed by atoms with E-state index in [4.69, 9.17) is 11.6 Å². The Balaban J connectivity index is 2.15. The maximum Gasteiger partial charge on any atom is 0.534 e. The Hall–Kier alpha value is -1.77. The lowest BCUT2D eigenvalue weighted by Crippen LogP contribution is -2.28. The molecule has 2 aromatic carbocycles. The zero-order valence-corrected chi connectivity index (χ0v) is 15.0. The van der Waals surface area contributed by atoms with Crippen molar-refractivity contribution >= 4 is 21.7 Å². The van der Waals surface area contributed by atoms with Crippen molar-refractivity contribution in [3.8, 4) is 16.9 Å². The number of alkyl halides is 3. The third kappa shape index (κ3) is 3.67. The Labute approximate surface area is 154 Å². The molecule has 0 fully saturated rings. The van der Waals surface area contributed by atoms with Crippen molar-refractivity contribution in [1.29, 1.82) is 0 Å². The van der Waals surface area contributed by atoms with E-state index in [1.807, 2.05) is 6.07 Å². The van der Waals surface area contributed by atoms with Crippen molar-refractivity contribution < 1.29 is 25.8 Å². The van der Waals surface area contributed by atoms with Crippen LogP contribution in [0.3, 0.4) is 0 Å². The smallest absolute Gasteiger partial charge is 0.375 e. The maximum absolute atomic E-state index is 12.7. The molecule has 0 saturated heterocycles. The van der Waals surface area contributed by atoms with Crippen LogP contribution in [-0.2, 0) is 23.0 Å². The number of nitrogens with one attached hydrogen (secondary N) is 1. The van der Waals surface area contributed by atoms with Gasteiger partial charge in [0.25, 0.3) is 0 Å². The highest BCUT2D eigenvalue weighted by Crippen LogP contribution is 2.41. The largest absolute Gasteiger partial charge is 0.534 e. The van der Waals surface area contributed by atoms with E-state index < -0.39 is 21.4 Å². The second-order valence-corrected chi connectivity index (χ2v) is 7.73. The molecule has 1 heterocycles. The third-order valence-corrected chi connectivity index (χ3v) is 5.40. The maximum atomic E-state index is 12.7. The minimum atomic E-state index is -5.78. The van der Waals surface area contributed by atoms with Crippen LogP contribution in [0.25, 0.3) is 11.1 Å². The molecule has 0 unspecified atom stereocenters. The van der Waals surface area contributed by atoms with Gasteiger partial charge >= 0.3 is 15.6 Å². The summed E-state index contributed by atoms with van der Waals surface area (Å²) in [5.74, 6) is -0.405. The van der Waals surface area contributed by atoms with Gasteiger partial charge in [0.15, 0.2) is 5.75 Å². The molecule has 2 aromatic rings. The molecule has 0 saturated carbocycles. The predicted octanol–water partition coefficient (Wildman–Crippen LogP) is 3.92. The average Bonchev–Trinajstić information content (AvgIpc) is 2.80. The average molecular weight is 406 g/mol. The molecule has 0 bridgehead atoms. The summed E-state index contributed by atoms with van der Waals surface area (Å²) in [4.78, 5) is 0. The highest BCUT2D eigenvalue weighted by atomic mass is 35.5. The van der Waals surface area contributed by atoms with Crippen LogP contribution in [-0.4, -0.2) is 27.0 Å². The van der Waals surface area contributed by atoms with Gasteiger partial charge in [-0.05, 0) is 49.2 Å². The molecule has 26 heavy (non-hydrogen) atoms. The van der Waals surface area contributed by atoms with Crippen molar-refractivity contribution in [2.45, 2.75) is 18.3 Å². The SMILES string of the molecule is O=S(=O)(Oc1ccccc1-c1c(Cl)ccc2c1CCNCC2)C(F)(F)F. The van der Waals surface area contributed by atoms with Gasteiger partial charge in [-0.1, -0.05) is 35.9 Å². The van der Waals surface area contributed by atoms with E-state index >= 15 is 0 Å². The van der Waals surface area contributed by atoms with Gasteiger partial charge in [0.2, 0.25) is 0 Å². The fourth-order valence-corrected chi connectivity index (χ4v) is 3.70. The van der Waals surface area contributed by atoms with Crippen LogP contribution in [0, 0.1) is 0 Å². The lowest BCUT2D eigenvalue weighted by molar-refractivity contribution is -0.0499. The number of rotatable bonds is 3. The summed E-state index contributed by atoms with van der Waals surface area (Å²) in [5.41, 5.74) is -2.91. The highest BCUT2D eigenvalue weighted by Gasteiger charge is 2.48. The van der Waals surface area contributed by atoms with Crippen LogP contribution in [0.1, 0.15) is 11.1 Å². The Kier molecular flexibility index (Phi) is 5.18. The summed E-state index contributed by atoms with van der Waals surface area (Å²) in [5, 5.41) is 3.57. The minimum absolute atomic E-state index is 0.212. The van der Waals surface area contributed by atoms with Gasteiger partial charge in [0.05, 0.1) is 0 Å². The van der Waals surface area contributed by atoms with Gasteiger partial charge in [-0.2, -0.15) is 21.6 Å². The van der Waals surface area contributed by atoms with E-state index in [-0.39, 0.29) is 5.56 Å². The molecule has 1 aliphatic rings. The summed E-state index contributed by atoms with van der Waals surface area (Å²) in [6.45, 7) is 1.46. The van der Waals surface area contributed by atoms with Crippen LogP contribution >= 0.6 is 11.6 Å². The molecule has 0 aromatic heterocycles. The molecule has 140 valence electrons. The van der Waals surface area contributed by atoms with Gasteiger partial charge in [0.1, 0.15) is 0 Å². The lowest BCUT2D eigenvalue weighted by atomic mass is 9.92. The van der Waals surface area contributed by atoms with E-state index in [0.29, 0.717) is 23.6 Å². The lowest BCUT2D eigenvalue weighted by Gasteiger charge is -2.18. The van der Waals surface area contributed by atoms with Gasteiger partial charge < -0.3 is 9.50 Å². The second-order valence-electron chi connectivity index (χ2n) is 5.79. The monoisotopic (exact) mass is 405 g/mol. The first-order valence-electron chi connectivity index (χ1n) is 7.82. The van der Waals surface area contributed by atoms with Crippen LogP contribution in [0.4, 0.5) is 13.2 Å². The van der Waals surface area contributed by atoms with Crippen molar-refractivity contribution in [2.75, 3.05) is 13.1 Å². The molecule has 9 heteroatoms. The summed E-state index contributed by atoms with van der Waals surface area (Å²) < 4.78 is 65.4. The number of hydrogen-bond acceptors (Lipinski definition) is 4. The normalized spacial score (nSPS) is 15.2. The van der Waals surface area contributed by atoms with Crippen LogP contribution < -0.4 is 9.50 Å². The number of para-hydroxylation sites is 1. The van der Waals surface area contributed by atoms with Crippen molar-refractivity contribution in [1.82, 2.24) is 5.32 Å². The predicted molar refractivity (Wildman–Crippen MR) is 92.8 cm³/mol. The zero-order chi connectivity index (χ0) is 18.9. The molecular formula is C17H15ClF3NO3S. The standard InChI is InChI=1S/C17H15ClF3NO3S/c18-14-6-5-11-7-9-22-10-8-12(11)16(14)13-3-1-2-4-15(13)25-26(23,24)17(19,20)21/h1-6,22H,7-10H2. The Morgan fingerprint density at radius 3 is 2.46 bits per heavy atom. The second kappa shape index (κ2) is 7.09. The minimum Gasteiger partial charge on any atom is -0.375 e. The first-order valence-corrected chi connectivity index (χ1v) is 9.60. The van der Waals surface area contributed by atoms with Crippen molar-refractivity contribution in [3.05, 3.63) is 52.5 Å². The first-order chi connectivity index (χ1) is 12.2. The topological polar surface area (TPSA) is 55.4 Å². The van der Waals surface area contributed by atoms with E-state index in [2.05, 4.69) is 9.50 Å². The highest BCUT2D eigenvalue weighted by molar-refractivity contribution is 7.88. The molecule has 3 rings (SSSR count).